The van der Waals surface area contributed by atoms with Crippen LogP contribution >= 0.6 is 0 Å². The van der Waals surface area contributed by atoms with E-state index in [1.807, 2.05) is 0 Å². The summed E-state index contributed by atoms with van der Waals surface area (Å²) >= 11 is 0. The van der Waals surface area contributed by atoms with Crippen molar-refractivity contribution in [1.82, 2.24) is 0 Å². The van der Waals surface area contributed by atoms with Gasteiger partial charge in [0.05, 0.1) is 0 Å². The Bertz CT molecular complexity index is 14.8. The summed E-state index contributed by atoms with van der Waals surface area (Å²) < 4.78 is 0. The maximum atomic E-state index is 8.25. The molecule has 0 spiro atoms. The largest absolute Gasteiger partial charge is 4.00 e. The van der Waals surface area contributed by atoms with Crippen molar-refractivity contribution in [3.05, 3.63) is 0 Å². The first-order chi connectivity index (χ1) is 5.00. The van der Waals surface area contributed by atoms with Gasteiger partial charge < -0.3 is 25.5 Å². The third kappa shape index (κ3) is 1790. The molecule has 0 aromatic rings. The molecule has 0 unspecified atom stereocenters. The average Bonchev–Trinajstić information content (AvgIpc) is 2.20. The second-order valence-corrected chi connectivity index (χ2v) is 0. The van der Waals surface area contributed by atoms with Gasteiger partial charge in [-0.3, -0.25) is 0 Å². The van der Waals surface area contributed by atoms with E-state index in [9.17, 15) is 0 Å². The summed E-state index contributed by atoms with van der Waals surface area (Å²) in [6, 6.07) is 0. The van der Waals surface area contributed by atoms with E-state index in [0.29, 0.717) is 0 Å². The molecular formula is C5H15HfO5-. The molecular weight excluding hydrogens is 319 g/mol. The summed E-state index contributed by atoms with van der Waals surface area (Å²) in [5.41, 5.74) is 0. The topological polar surface area (TPSA) is 115 Å². The normalized spacial score (nSPS) is 2.73. The number of hydrogen-bond acceptors (Lipinski definition) is 5. The van der Waals surface area contributed by atoms with Gasteiger partial charge in [-0.1, -0.05) is 0 Å². The van der Waals surface area contributed by atoms with Crippen molar-refractivity contribution >= 4 is 0 Å². The van der Waals surface area contributed by atoms with Gasteiger partial charge in [0.15, 0.2) is 0 Å². The molecule has 0 atom stereocenters. The zero-order valence-electron chi connectivity index (χ0n) is 7.54. The van der Waals surface area contributed by atoms with Crippen LogP contribution in [0.2, 0.25) is 0 Å². The molecule has 0 rings (SSSR count). The molecule has 0 saturated carbocycles. The molecule has 11 heavy (non-hydrogen) atoms. The Kier molecular flexibility index (Phi) is 8350. The van der Waals surface area contributed by atoms with E-state index >= 15 is 0 Å². The molecule has 0 heterocycles. The summed E-state index contributed by atoms with van der Waals surface area (Å²) in [5, 5.41) is 41.2. The van der Waals surface area contributed by atoms with Crippen LogP contribution in [0.15, 0.2) is 0 Å². The Balaban J connectivity index is -0.00000000694. The maximum absolute atomic E-state index is 8.25. The molecule has 0 fully saturated rings. The van der Waals surface area contributed by atoms with Gasteiger partial charge in [-0.2, -0.15) is 35.5 Å². The fourth-order valence-corrected chi connectivity index (χ4v) is 0. The van der Waals surface area contributed by atoms with Crippen molar-refractivity contribution in [1.29, 1.82) is 0 Å². The molecule has 0 saturated heterocycles. The van der Waals surface area contributed by atoms with E-state index < -0.39 is 0 Å². The first-order valence-corrected chi connectivity index (χ1v) is 2.04. The summed E-state index contributed by atoms with van der Waals surface area (Å²) in [5.74, 6) is 0. The van der Waals surface area contributed by atoms with Crippen LogP contribution in [-0.2, 0) is 25.8 Å². The Morgan fingerprint density at radius 3 is 0.364 bits per heavy atom. The first kappa shape index (κ1) is 41.3. The van der Waals surface area contributed by atoms with Gasteiger partial charge in [-0.05, 0) is 0 Å². The minimum Gasteiger partial charge on any atom is -0.857 e. The Morgan fingerprint density at radius 2 is 0.364 bits per heavy atom. The monoisotopic (exact) mass is 335 g/mol. The van der Waals surface area contributed by atoms with Crippen molar-refractivity contribution in [2.45, 2.75) is 0 Å². The fraction of sp³-hybridized carbons (Fsp3) is 1.00. The van der Waals surface area contributed by atoms with Crippen molar-refractivity contribution in [2.24, 2.45) is 0 Å². The van der Waals surface area contributed by atoms with Crippen LogP contribution in [0.3, 0.4) is 0 Å². The first-order valence-electron chi connectivity index (χ1n) is 2.04. The fourth-order valence-electron chi connectivity index (χ4n) is 0. The summed E-state index contributed by atoms with van der Waals surface area (Å²) in [6.45, 7) is 0. The van der Waals surface area contributed by atoms with Gasteiger partial charge in [-0.15, -0.1) is 0 Å². The molecule has 5 nitrogen and oxygen atoms in total. The molecule has 0 aromatic heterocycles. The molecule has 0 bridgehead atoms. The van der Waals surface area contributed by atoms with Crippen LogP contribution in [0.4, 0.5) is 0 Å². The summed E-state index contributed by atoms with van der Waals surface area (Å²) in [6.07, 6.45) is 0. The van der Waals surface area contributed by atoms with Crippen LogP contribution in [0.1, 0.15) is 0 Å². The minimum absolute atomic E-state index is 0. The van der Waals surface area contributed by atoms with Gasteiger partial charge in [0.1, 0.15) is 0 Å². The molecule has 0 aliphatic carbocycles. The van der Waals surface area contributed by atoms with Crippen LogP contribution in [0.5, 0.6) is 0 Å². The molecule has 0 aromatic carbocycles. The van der Waals surface area contributed by atoms with Crippen molar-refractivity contribution < 1.29 is 51.4 Å². The second kappa shape index (κ2) is 2220. The average molecular weight is 334 g/mol. The Morgan fingerprint density at radius 1 is 0.364 bits per heavy atom. The molecule has 0 N–H and O–H groups in total. The molecule has 6 heteroatoms. The Hall–Kier alpha value is 0.670. The van der Waals surface area contributed by atoms with Crippen molar-refractivity contribution in [3.8, 4) is 0 Å². The van der Waals surface area contributed by atoms with Crippen LogP contribution in [0, 0.1) is 0 Å². The zero-order chi connectivity index (χ0) is 10.0. The van der Waals surface area contributed by atoms with Crippen molar-refractivity contribution in [2.75, 3.05) is 35.5 Å². The van der Waals surface area contributed by atoms with Gasteiger partial charge in [-0.25, -0.2) is 0 Å². The van der Waals surface area contributed by atoms with Crippen LogP contribution in [-0.4, -0.2) is 35.5 Å². The second-order valence-electron chi connectivity index (χ2n) is 0. The third-order valence-corrected chi connectivity index (χ3v) is 0. The zero-order valence-corrected chi connectivity index (χ0v) is 11.1. The Labute approximate surface area is 87.1 Å². The number of hydrogen-bond donors (Lipinski definition) is 0. The van der Waals surface area contributed by atoms with Gasteiger partial charge in [0, 0.05) is 0 Å². The van der Waals surface area contributed by atoms with Crippen molar-refractivity contribution in [3.63, 3.8) is 0 Å². The van der Waals surface area contributed by atoms with Crippen LogP contribution in [0.25, 0.3) is 0 Å². The maximum Gasteiger partial charge on any atom is 4.00 e. The molecule has 0 aliphatic rings. The van der Waals surface area contributed by atoms with E-state index in [-0.39, 0.29) is 25.8 Å². The molecule has 0 amide bonds. The van der Waals surface area contributed by atoms with Gasteiger partial charge in [0.2, 0.25) is 0 Å². The van der Waals surface area contributed by atoms with Gasteiger partial charge in [0.25, 0.3) is 0 Å². The molecule has 70 valence electrons. The van der Waals surface area contributed by atoms with E-state index in [1.165, 1.54) is 0 Å². The standard InChI is InChI=1S/5CH3O.Hf/c5*1-2;/h5*1H3;/q5*-1;+4. The van der Waals surface area contributed by atoms with E-state index in [0.717, 1.165) is 35.5 Å². The minimum atomic E-state index is 0. The quantitative estimate of drug-likeness (QED) is 0.411. The van der Waals surface area contributed by atoms with E-state index in [1.54, 1.807) is 0 Å². The number of rotatable bonds is 0. The summed E-state index contributed by atoms with van der Waals surface area (Å²) in [7, 11) is 3.75. The predicted molar refractivity (Wildman–Crippen MR) is 29.6 cm³/mol. The predicted octanol–water partition coefficient (Wildman–Crippen LogP) is -5.12. The molecule has 0 aliphatic heterocycles. The smallest absolute Gasteiger partial charge is 0.857 e. The van der Waals surface area contributed by atoms with E-state index in [4.69, 9.17) is 25.5 Å². The van der Waals surface area contributed by atoms with Crippen LogP contribution < -0.4 is 25.5 Å². The van der Waals surface area contributed by atoms with Gasteiger partial charge >= 0.3 is 25.8 Å². The van der Waals surface area contributed by atoms with E-state index in [2.05, 4.69) is 0 Å². The SMILES string of the molecule is C[O-].C[O-].C[O-].C[O-].C[O-].[Hf+4]. The summed E-state index contributed by atoms with van der Waals surface area (Å²) in [4.78, 5) is 0. The molecule has 0 radical (unpaired) electrons. The third-order valence-electron chi connectivity index (χ3n) is 0.